The molecule has 0 aliphatic carbocycles. The molecule has 0 spiro atoms. The van der Waals surface area contributed by atoms with Gasteiger partial charge in [0.2, 0.25) is 0 Å². The average Bonchev–Trinajstić information content (AvgIpc) is 3.06. The first-order valence-corrected chi connectivity index (χ1v) is 10.3. The molecule has 4 aromatic rings. The van der Waals surface area contributed by atoms with E-state index in [2.05, 4.69) is 4.98 Å². The zero-order valence-corrected chi connectivity index (χ0v) is 18.3. The Labute approximate surface area is 181 Å². The van der Waals surface area contributed by atoms with Gasteiger partial charge in [0.25, 0.3) is 5.91 Å². The maximum Gasteiger partial charge on any atom is 0.253 e. The van der Waals surface area contributed by atoms with E-state index in [1.807, 2.05) is 61.0 Å². The fraction of sp³-hybridized carbons (Fsp3) is 0.280. The summed E-state index contributed by atoms with van der Waals surface area (Å²) in [6.45, 7) is 1.86. The number of hydrogen-bond donors (Lipinski definition) is 2. The number of aliphatic hydroxyl groups is 1. The number of hydrogen-bond acceptors (Lipinski definition) is 4. The van der Waals surface area contributed by atoms with Crippen molar-refractivity contribution in [1.29, 1.82) is 0 Å². The molecule has 1 aromatic heterocycles. The summed E-state index contributed by atoms with van der Waals surface area (Å²) in [6.07, 6.45) is 0.00418. The van der Waals surface area contributed by atoms with Crippen LogP contribution in [0.5, 0.6) is 5.75 Å². The molecular weight excluding hydrogens is 390 g/mol. The van der Waals surface area contributed by atoms with Gasteiger partial charge in [-0.25, -0.2) is 4.98 Å². The normalized spacial score (nSPS) is 12.4. The topological polar surface area (TPSA) is 78.6 Å². The van der Waals surface area contributed by atoms with Gasteiger partial charge in [-0.05, 0) is 48.2 Å². The van der Waals surface area contributed by atoms with E-state index in [1.54, 1.807) is 20.2 Å². The lowest BCUT2D eigenvalue weighted by atomic mass is 9.95. The molecule has 0 aliphatic rings. The van der Waals surface area contributed by atoms with Crippen molar-refractivity contribution in [1.82, 2.24) is 14.5 Å². The van der Waals surface area contributed by atoms with Gasteiger partial charge in [-0.1, -0.05) is 36.4 Å². The van der Waals surface area contributed by atoms with E-state index in [-0.39, 0.29) is 11.7 Å². The first-order valence-electron chi connectivity index (χ1n) is 10.3. The van der Waals surface area contributed by atoms with Crippen molar-refractivity contribution < 1.29 is 15.0 Å². The van der Waals surface area contributed by atoms with Crippen LogP contribution in [0.4, 0.5) is 0 Å². The standard InChI is InChI=1S/C25H27N3O3/c1-15-26-23-21(28(15)4)14-20(25(31)27(2)3)19(24(23)30)11-12-22(29)18-10-9-16-7-5-6-8-17(16)13-18/h5-10,13-14,22,29-30H,11-12H2,1-4H3. The van der Waals surface area contributed by atoms with Crippen LogP contribution < -0.4 is 0 Å². The minimum atomic E-state index is -0.715. The van der Waals surface area contributed by atoms with Gasteiger partial charge in [-0.3, -0.25) is 4.79 Å². The summed E-state index contributed by atoms with van der Waals surface area (Å²) in [7, 11) is 5.23. The van der Waals surface area contributed by atoms with Crippen molar-refractivity contribution in [2.75, 3.05) is 14.1 Å². The number of aryl methyl sites for hydroxylation is 2. The Bertz CT molecular complexity index is 1290. The maximum absolute atomic E-state index is 12.9. The van der Waals surface area contributed by atoms with Crippen LogP contribution in [0.1, 0.15) is 39.8 Å². The van der Waals surface area contributed by atoms with Crippen molar-refractivity contribution in [2.45, 2.75) is 25.9 Å². The second kappa shape index (κ2) is 8.04. The molecule has 0 bridgehead atoms. The highest BCUT2D eigenvalue weighted by molar-refractivity contribution is 6.01. The number of carbonyl (C=O) groups is 1. The highest BCUT2D eigenvalue weighted by atomic mass is 16.3. The number of fused-ring (bicyclic) bond motifs is 2. The SMILES string of the molecule is Cc1nc2c(O)c(CCC(O)c3ccc4ccccc4c3)c(C(=O)N(C)C)cc2n1C. The van der Waals surface area contributed by atoms with E-state index >= 15 is 0 Å². The van der Waals surface area contributed by atoms with Crippen LogP contribution in [0.25, 0.3) is 21.8 Å². The molecule has 0 aliphatic heterocycles. The van der Waals surface area contributed by atoms with Gasteiger partial charge in [0.05, 0.1) is 11.6 Å². The number of imidazole rings is 1. The number of nitrogens with zero attached hydrogens (tertiary/aromatic N) is 3. The number of carbonyl (C=O) groups excluding carboxylic acids is 1. The Hall–Kier alpha value is -3.38. The van der Waals surface area contributed by atoms with Crippen LogP contribution in [0.15, 0.2) is 48.5 Å². The Kier molecular flexibility index (Phi) is 5.41. The quantitative estimate of drug-likeness (QED) is 0.512. The van der Waals surface area contributed by atoms with Crippen molar-refractivity contribution in [2.24, 2.45) is 7.05 Å². The molecule has 0 fully saturated rings. The minimum absolute atomic E-state index is 0.0112. The summed E-state index contributed by atoms with van der Waals surface area (Å²) in [4.78, 5) is 18.8. The Morgan fingerprint density at radius 1 is 1.13 bits per heavy atom. The number of rotatable bonds is 5. The van der Waals surface area contributed by atoms with Gasteiger partial charge in [-0.2, -0.15) is 0 Å². The van der Waals surface area contributed by atoms with Crippen molar-refractivity contribution in [3.05, 3.63) is 71.0 Å². The van der Waals surface area contributed by atoms with Crippen LogP contribution in [0.3, 0.4) is 0 Å². The van der Waals surface area contributed by atoms with Crippen LogP contribution >= 0.6 is 0 Å². The van der Waals surface area contributed by atoms with E-state index in [0.717, 1.165) is 22.2 Å². The fourth-order valence-corrected chi connectivity index (χ4v) is 4.01. The molecule has 3 aromatic carbocycles. The number of aliphatic hydroxyl groups excluding tert-OH is 1. The molecule has 160 valence electrons. The van der Waals surface area contributed by atoms with E-state index in [1.165, 1.54) is 4.90 Å². The summed E-state index contributed by atoms with van der Waals surface area (Å²) in [5.74, 6) is 0.574. The van der Waals surface area contributed by atoms with Crippen LogP contribution in [0.2, 0.25) is 0 Å². The third-order valence-electron chi connectivity index (χ3n) is 5.94. The number of aromatic nitrogens is 2. The molecule has 0 radical (unpaired) electrons. The lowest BCUT2D eigenvalue weighted by molar-refractivity contribution is 0.0825. The summed E-state index contributed by atoms with van der Waals surface area (Å²) in [5, 5.41) is 24.0. The van der Waals surface area contributed by atoms with Gasteiger partial charge >= 0.3 is 0 Å². The monoisotopic (exact) mass is 417 g/mol. The van der Waals surface area contributed by atoms with E-state index < -0.39 is 6.10 Å². The van der Waals surface area contributed by atoms with E-state index in [9.17, 15) is 15.0 Å². The zero-order valence-electron chi connectivity index (χ0n) is 18.3. The molecule has 2 N–H and O–H groups in total. The first kappa shape index (κ1) is 20.9. The minimum Gasteiger partial charge on any atom is -0.505 e. The van der Waals surface area contributed by atoms with Gasteiger partial charge in [0.1, 0.15) is 17.1 Å². The Morgan fingerprint density at radius 3 is 2.55 bits per heavy atom. The lowest BCUT2D eigenvalue weighted by Crippen LogP contribution is -2.23. The van der Waals surface area contributed by atoms with E-state index in [0.29, 0.717) is 35.0 Å². The highest BCUT2D eigenvalue weighted by Crippen LogP contribution is 2.34. The molecule has 1 atom stereocenters. The highest BCUT2D eigenvalue weighted by Gasteiger charge is 2.23. The third-order valence-corrected chi connectivity index (χ3v) is 5.94. The van der Waals surface area contributed by atoms with Crippen LogP contribution in [-0.2, 0) is 13.5 Å². The van der Waals surface area contributed by atoms with Gasteiger partial charge in [0, 0.05) is 32.3 Å². The molecule has 31 heavy (non-hydrogen) atoms. The number of benzene rings is 3. The molecule has 1 amide bonds. The fourth-order valence-electron chi connectivity index (χ4n) is 4.01. The Balaban J connectivity index is 1.69. The van der Waals surface area contributed by atoms with Crippen LogP contribution in [0, 0.1) is 6.92 Å². The Morgan fingerprint density at radius 2 is 1.84 bits per heavy atom. The first-order chi connectivity index (χ1) is 14.8. The third kappa shape index (κ3) is 3.75. The van der Waals surface area contributed by atoms with Crippen LogP contribution in [-0.4, -0.2) is 44.7 Å². The molecule has 4 rings (SSSR count). The molecule has 1 unspecified atom stereocenters. The average molecular weight is 418 g/mol. The second-order valence-electron chi connectivity index (χ2n) is 8.20. The van der Waals surface area contributed by atoms with Gasteiger partial charge in [-0.15, -0.1) is 0 Å². The number of aromatic hydroxyl groups is 1. The maximum atomic E-state index is 12.9. The molecule has 6 nitrogen and oxygen atoms in total. The molecule has 0 saturated heterocycles. The van der Waals surface area contributed by atoms with Crippen molar-refractivity contribution in [3.63, 3.8) is 0 Å². The zero-order chi connectivity index (χ0) is 22.3. The molecular formula is C25H27N3O3. The number of amides is 1. The number of phenols is 1. The number of phenolic OH excluding ortho intramolecular Hbond substituents is 1. The van der Waals surface area contributed by atoms with Crippen molar-refractivity contribution >= 4 is 27.7 Å². The van der Waals surface area contributed by atoms with E-state index in [4.69, 9.17) is 0 Å². The largest absolute Gasteiger partial charge is 0.505 e. The summed E-state index contributed by atoms with van der Waals surface area (Å²) >= 11 is 0. The molecule has 0 saturated carbocycles. The van der Waals surface area contributed by atoms with Gasteiger partial charge < -0.3 is 19.7 Å². The lowest BCUT2D eigenvalue weighted by Gasteiger charge is -2.18. The molecule has 6 heteroatoms. The predicted octanol–water partition coefficient (Wildman–Crippen LogP) is 4.11. The summed E-state index contributed by atoms with van der Waals surface area (Å²) < 4.78 is 1.86. The smallest absolute Gasteiger partial charge is 0.253 e. The predicted molar refractivity (Wildman–Crippen MR) is 122 cm³/mol. The second-order valence-corrected chi connectivity index (χ2v) is 8.20. The van der Waals surface area contributed by atoms with Crippen molar-refractivity contribution in [3.8, 4) is 5.75 Å². The van der Waals surface area contributed by atoms with Gasteiger partial charge in [0.15, 0.2) is 0 Å². The summed E-state index contributed by atoms with van der Waals surface area (Å²) in [5.41, 5.74) is 2.95. The summed E-state index contributed by atoms with van der Waals surface area (Å²) in [6, 6.07) is 15.7. The molecule has 1 heterocycles.